The van der Waals surface area contributed by atoms with Crippen LogP contribution in [0.3, 0.4) is 0 Å². The van der Waals surface area contributed by atoms with Crippen LogP contribution in [0, 0.1) is 11.8 Å². The molecule has 2 rings (SSSR count). The summed E-state index contributed by atoms with van der Waals surface area (Å²) in [5.41, 5.74) is 1.04. The molecule has 0 spiro atoms. The standard InChI is InChI=1S/C14H23N3/c1-4-12-5-6-13(10(12)2)17-11(3)14-9-15-7-8-16-14/h7-13,17H,4-6H2,1-3H3. The second-order valence-electron chi connectivity index (χ2n) is 5.23. The summed E-state index contributed by atoms with van der Waals surface area (Å²) < 4.78 is 0. The van der Waals surface area contributed by atoms with Crippen LogP contribution in [0.1, 0.15) is 51.8 Å². The molecule has 17 heavy (non-hydrogen) atoms. The molecule has 0 saturated heterocycles. The Morgan fingerprint density at radius 3 is 2.82 bits per heavy atom. The molecule has 3 nitrogen and oxygen atoms in total. The van der Waals surface area contributed by atoms with E-state index < -0.39 is 0 Å². The predicted molar refractivity (Wildman–Crippen MR) is 69.5 cm³/mol. The highest BCUT2D eigenvalue weighted by Crippen LogP contribution is 2.34. The van der Waals surface area contributed by atoms with Gasteiger partial charge >= 0.3 is 0 Å². The zero-order valence-corrected chi connectivity index (χ0v) is 11.1. The Labute approximate surface area is 104 Å². The molecule has 1 aliphatic carbocycles. The third-order valence-electron chi connectivity index (χ3n) is 4.24. The van der Waals surface area contributed by atoms with Gasteiger partial charge in [0.15, 0.2) is 0 Å². The summed E-state index contributed by atoms with van der Waals surface area (Å²) in [5.74, 6) is 1.67. The third-order valence-corrected chi connectivity index (χ3v) is 4.24. The van der Waals surface area contributed by atoms with Crippen molar-refractivity contribution in [1.29, 1.82) is 0 Å². The maximum Gasteiger partial charge on any atom is 0.0753 e. The van der Waals surface area contributed by atoms with Crippen molar-refractivity contribution in [2.75, 3.05) is 0 Å². The molecule has 0 amide bonds. The molecule has 1 aromatic rings. The highest BCUT2D eigenvalue weighted by molar-refractivity contribution is 5.02. The van der Waals surface area contributed by atoms with Gasteiger partial charge in [0.25, 0.3) is 0 Å². The van der Waals surface area contributed by atoms with E-state index in [2.05, 4.69) is 36.1 Å². The predicted octanol–water partition coefficient (Wildman–Crippen LogP) is 2.95. The molecule has 1 aliphatic rings. The summed E-state index contributed by atoms with van der Waals surface area (Å²) in [5, 5.41) is 3.71. The number of aromatic nitrogens is 2. The first kappa shape index (κ1) is 12.5. The summed E-state index contributed by atoms with van der Waals surface area (Å²) in [7, 11) is 0. The van der Waals surface area contributed by atoms with E-state index in [0.717, 1.165) is 17.5 Å². The van der Waals surface area contributed by atoms with Crippen LogP contribution in [-0.2, 0) is 0 Å². The van der Waals surface area contributed by atoms with Crippen molar-refractivity contribution in [1.82, 2.24) is 15.3 Å². The molecule has 1 fully saturated rings. The number of nitrogens with one attached hydrogen (secondary N) is 1. The van der Waals surface area contributed by atoms with Gasteiger partial charge < -0.3 is 5.32 Å². The Morgan fingerprint density at radius 1 is 1.41 bits per heavy atom. The van der Waals surface area contributed by atoms with E-state index in [1.54, 1.807) is 12.4 Å². The molecule has 0 radical (unpaired) electrons. The quantitative estimate of drug-likeness (QED) is 0.869. The molecule has 1 heterocycles. The second kappa shape index (κ2) is 5.58. The van der Waals surface area contributed by atoms with Crippen molar-refractivity contribution >= 4 is 0 Å². The fraction of sp³-hybridized carbons (Fsp3) is 0.714. The van der Waals surface area contributed by atoms with Gasteiger partial charge in [-0.3, -0.25) is 9.97 Å². The fourth-order valence-electron chi connectivity index (χ4n) is 3.00. The van der Waals surface area contributed by atoms with E-state index in [1.165, 1.54) is 19.3 Å². The molecule has 0 aromatic carbocycles. The van der Waals surface area contributed by atoms with Crippen LogP contribution in [0.15, 0.2) is 18.6 Å². The Kier molecular flexibility index (Phi) is 4.11. The Morgan fingerprint density at radius 2 is 2.24 bits per heavy atom. The molecule has 1 N–H and O–H groups in total. The lowest BCUT2D eigenvalue weighted by atomic mass is 9.93. The van der Waals surface area contributed by atoms with Gasteiger partial charge in [-0.05, 0) is 31.6 Å². The first-order chi connectivity index (χ1) is 8.22. The zero-order valence-electron chi connectivity index (χ0n) is 11.1. The second-order valence-corrected chi connectivity index (χ2v) is 5.23. The van der Waals surface area contributed by atoms with Gasteiger partial charge in [-0.1, -0.05) is 20.3 Å². The number of nitrogens with zero attached hydrogens (tertiary/aromatic N) is 2. The Balaban J connectivity index is 1.94. The molecule has 0 bridgehead atoms. The minimum absolute atomic E-state index is 0.298. The third kappa shape index (κ3) is 2.83. The largest absolute Gasteiger partial charge is 0.306 e. The van der Waals surface area contributed by atoms with Gasteiger partial charge in [-0.15, -0.1) is 0 Å². The average molecular weight is 233 g/mol. The van der Waals surface area contributed by atoms with E-state index in [-0.39, 0.29) is 0 Å². The van der Waals surface area contributed by atoms with Gasteiger partial charge in [-0.25, -0.2) is 0 Å². The lowest BCUT2D eigenvalue weighted by Crippen LogP contribution is -2.35. The SMILES string of the molecule is CCC1CCC(NC(C)c2cnccn2)C1C. The molecule has 4 atom stereocenters. The normalized spacial score (nSPS) is 30.4. The minimum Gasteiger partial charge on any atom is -0.306 e. The van der Waals surface area contributed by atoms with Crippen molar-refractivity contribution in [2.45, 2.75) is 52.1 Å². The molecule has 3 heteroatoms. The molecule has 1 saturated carbocycles. The van der Waals surface area contributed by atoms with E-state index in [9.17, 15) is 0 Å². The van der Waals surface area contributed by atoms with Crippen LogP contribution >= 0.6 is 0 Å². The van der Waals surface area contributed by atoms with Gasteiger partial charge in [0.2, 0.25) is 0 Å². The summed E-state index contributed by atoms with van der Waals surface area (Å²) >= 11 is 0. The summed E-state index contributed by atoms with van der Waals surface area (Å²) in [4.78, 5) is 8.49. The zero-order chi connectivity index (χ0) is 12.3. The maximum absolute atomic E-state index is 4.36. The van der Waals surface area contributed by atoms with E-state index in [4.69, 9.17) is 0 Å². The van der Waals surface area contributed by atoms with Crippen LogP contribution in [0.5, 0.6) is 0 Å². The van der Waals surface area contributed by atoms with Crippen LogP contribution < -0.4 is 5.32 Å². The smallest absolute Gasteiger partial charge is 0.0753 e. The first-order valence-corrected chi connectivity index (χ1v) is 6.74. The number of rotatable bonds is 4. The van der Waals surface area contributed by atoms with Gasteiger partial charge in [0, 0.05) is 30.7 Å². The maximum atomic E-state index is 4.36. The van der Waals surface area contributed by atoms with Gasteiger partial charge in [0.05, 0.1) is 5.69 Å². The van der Waals surface area contributed by atoms with Crippen molar-refractivity contribution < 1.29 is 0 Å². The highest BCUT2D eigenvalue weighted by atomic mass is 15.0. The lowest BCUT2D eigenvalue weighted by Gasteiger charge is -2.24. The molecular weight excluding hydrogens is 210 g/mol. The summed E-state index contributed by atoms with van der Waals surface area (Å²) in [6.45, 7) is 6.86. The van der Waals surface area contributed by atoms with Crippen molar-refractivity contribution in [3.05, 3.63) is 24.3 Å². The van der Waals surface area contributed by atoms with Crippen LogP contribution in [-0.4, -0.2) is 16.0 Å². The first-order valence-electron chi connectivity index (χ1n) is 6.74. The van der Waals surface area contributed by atoms with Crippen LogP contribution in [0.2, 0.25) is 0 Å². The Hall–Kier alpha value is -0.960. The molecule has 1 aromatic heterocycles. The molecule has 4 unspecified atom stereocenters. The average Bonchev–Trinajstić information content (AvgIpc) is 2.71. The van der Waals surface area contributed by atoms with E-state index in [0.29, 0.717) is 12.1 Å². The summed E-state index contributed by atoms with van der Waals surface area (Å²) in [6, 6.07) is 0.934. The minimum atomic E-state index is 0.298. The van der Waals surface area contributed by atoms with Gasteiger partial charge in [-0.2, -0.15) is 0 Å². The van der Waals surface area contributed by atoms with E-state index in [1.807, 2.05) is 6.20 Å². The summed E-state index contributed by atoms with van der Waals surface area (Å²) in [6.07, 6.45) is 9.31. The van der Waals surface area contributed by atoms with Crippen molar-refractivity contribution in [2.24, 2.45) is 11.8 Å². The van der Waals surface area contributed by atoms with E-state index >= 15 is 0 Å². The van der Waals surface area contributed by atoms with Crippen LogP contribution in [0.25, 0.3) is 0 Å². The number of hydrogen-bond acceptors (Lipinski definition) is 3. The number of hydrogen-bond donors (Lipinski definition) is 1. The fourth-order valence-corrected chi connectivity index (χ4v) is 3.00. The van der Waals surface area contributed by atoms with Crippen LogP contribution in [0.4, 0.5) is 0 Å². The monoisotopic (exact) mass is 233 g/mol. The molecule has 94 valence electrons. The highest BCUT2D eigenvalue weighted by Gasteiger charge is 2.32. The lowest BCUT2D eigenvalue weighted by molar-refractivity contribution is 0.325. The topological polar surface area (TPSA) is 37.8 Å². The van der Waals surface area contributed by atoms with Crippen molar-refractivity contribution in [3.63, 3.8) is 0 Å². The molecular formula is C14H23N3. The molecule has 0 aliphatic heterocycles. The Bertz CT molecular complexity index is 339. The van der Waals surface area contributed by atoms with Crippen molar-refractivity contribution in [3.8, 4) is 0 Å². The van der Waals surface area contributed by atoms with Gasteiger partial charge in [0.1, 0.15) is 0 Å².